The lowest BCUT2D eigenvalue weighted by Gasteiger charge is -2.13. The van der Waals surface area contributed by atoms with Crippen molar-refractivity contribution < 1.29 is 23.9 Å². The van der Waals surface area contributed by atoms with E-state index in [-0.39, 0.29) is 30.1 Å². The Morgan fingerprint density at radius 2 is 1.79 bits per heavy atom. The number of nitrogens with one attached hydrogen (secondary N) is 1. The second kappa shape index (κ2) is 9.29. The molecule has 1 heterocycles. The van der Waals surface area contributed by atoms with Gasteiger partial charge in [0.05, 0.1) is 19.1 Å². The van der Waals surface area contributed by atoms with Crippen molar-refractivity contribution >= 4 is 34.9 Å². The van der Waals surface area contributed by atoms with Gasteiger partial charge in [-0.2, -0.15) is 0 Å². The molecule has 0 radical (unpaired) electrons. The molecule has 0 unspecified atom stereocenters. The predicted molar refractivity (Wildman–Crippen MR) is 111 cm³/mol. The van der Waals surface area contributed by atoms with Gasteiger partial charge in [-0.1, -0.05) is 30.3 Å². The van der Waals surface area contributed by atoms with Crippen LogP contribution in [-0.4, -0.2) is 49.3 Å². The molecule has 3 amide bonds. The zero-order valence-corrected chi connectivity index (χ0v) is 16.8. The van der Waals surface area contributed by atoms with E-state index in [1.165, 1.54) is 14.2 Å². The average molecular weight is 412 g/mol. The van der Waals surface area contributed by atoms with E-state index < -0.39 is 0 Å². The van der Waals surface area contributed by atoms with Crippen molar-refractivity contribution in [2.75, 3.05) is 27.3 Å². The fourth-order valence-corrected chi connectivity index (χ4v) is 3.62. The van der Waals surface area contributed by atoms with Crippen LogP contribution in [0.4, 0.5) is 4.79 Å². The third kappa shape index (κ3) is 4.78. The Morgan fingerprint density at radius 3 is 2.48 bits per heavy atom. The number of thioether (sulfide) groups is 1. The molecule has 0 saturated carbocycles. The molecule has 0 aromatic heterocycles. The SMILES string of the molecule is COc1ccc(C(=O)NCCN2C(=O)S/C(=C/c3ccccc3)C2=O)cc1OC. The molecule has 3 rings (SSSR count). The summed E-state index contributed by atoms with van der Waals surface area (Å²) in [4.78, 5) is 38.5. The monoisotopic (exact) mass is 412 g/mol. The van der Waals surface area contributed by atoms with Gasteiger partial charge in [0.15, 0.2) is 11.5 Å². The number of imide groups is 1. The lowest BCUT2D eigenvalue weighted by atomic mass is 10.2. The standard InChI is InChI=1S/C21H20N2O5S/c1-27-16-9-8-15(13-17(16)28-2)19(24)22-10-11-23-20(25)18(29-21(23)26)12-14-6-4-3-5-7-14/h3-9,12-13H,10-11H2,1-2H3,(H,22,24)/b18-12+. The van der Waals surface area contributed by atoms with E-state index in [0.717, 1.165) is 22.2 Å². The maximum Gasteiger partial charge on any atom is 0.293 e. The first-order valence-corrected chi connectivity index (χ1v) is 9.65. The van der Waals surface area contributed by atoms with E-state index in [4.69, 9.17) is 9.47 Å². The molecule has 29 heavy (non-hydrogen) atoms. The van der Waals surface area contributed by atoms with Gasteiger partial charge in [-0.3, -0.25) is 19.3 Å². The van der Waals surface area contributed by atoms with Crippen molar-refractivity contribution in [3.63, 3.8) is 0 Å². The highest BCUT2D eigenvalue weighted by Crippen LogP contribution is 2.32. The van der Waals surface area contributed by atoms with E-state index >= 15 is 0 Å². The van der Waals surface area contributed by atoms with Gasteiger partial charge in [0.2, 0.25) is 0 Å². The second-order valence-corrected chi connectivity index (χ2v) is 7.06. The summed E-state index contributed by atoms with van der Waals surface area (Å²) in [6.45, 7) is 0.236. The van der Waals surface area contributed by atoms with Crippen LogP contribution in [0.25, 0.3) is 6.08 Å². The van der Waals surface area contributed by atoms with Crippen LogP contribution in [0.15, 0.2) is 53.4 Å². The number of benzene rings is 2. The number of methoxy groups -OCH3 is 2. The summed E-state index contributed by atoms with van der Waals surface area (Å²) < 4.78 is 10.3. The highest BCUT2D eigenvalue weighted by molar-refractivity contribution is 8.18. The first-order chi connectivity index (χ1) is 14.0. The summed E-state index contributed by atoms with van der Waals surface area (Å²) in [6.07, 6.45) is 1.69. The molecule has 1 N–H and O–H groups in total. The topological polar surface area (TPSA) is 84.9 Å². The van der Waals surface area contributed by atoms with Crippen LogP contribution < -0.4 is 14.8 Å². The summed E-state index contributed by atoms with van der Waals surface area (Å²) in [7, 11) is 3.00. The van der Waals surface area contributed by atoms with Crippen LogP contribution in [0.1, 0.15) is 15.9 Å². The van der Waals surface area contributed by atoms with Crippen molar-refractivity contribution in [3.8, 4) is 11.5 Å². The van der Waals surface area contributed by atoms with Crippen LogP contribution in [0.5, 0.6) is 11.5 Å². The molecule has 1 saturated heterocycles. The van der Waals surface area contributed by atoms with Crippen LogP contribution in [0.3, 0.4) is 0 Å². The second-order valence-electron chi connectivity index (χ2n) is 6.07. The van der Waals surface area contributed by atoms with E-state index in [1.54, 1.807) is 24.3 Å². The van der Waals surface area contributed by atoms with Gasteiger partial charge in [-0.05, 0) is 41.6 Å². The molecular formula is C21H20N2O5S. The molecule has 1 aliphatic heterocycles. The molecule has 1 aliphatic rings. The molecule has 0 aliphatic carbocycles. The van der Waals surface area contributed by atoms with Crippen molar-refractivity contribution in [3.05, 3.63) is 64.6 Å². The number of ether oxygens (including phenoxy) is 2. The lowest BCUT2D eigenvalue weighted by molar-refractivity contribution is -0.122. The Kier molecular flexibility index (Phi) is 6.56. The summed E-state index contributed by atoms with van der Waals surface area (Å²) in [6, 6.07) is 14.1. The van der Waals surface area contributed by atoms with E-state index in [9.17, 15) is 14.4 Å². The molecule has 8 heteroatoms. The van der Waals surface area contributed by atoms with E-state index in [2.05, 4.69) is 5.32 Å². The molecule has 0 atom stereocenters. The summed E-state index contributed by atoms with van der Waals surface area (Å²) in [5.74, 6) is 0.270. The largest absolute Gasteiger partial charge is 0.493 e. The fourth-order valence-electron chi connectivity index (χ4n) is 2.75. The average Bonchev–Trinajstić information content (AvgIpc) is 3.01. The third-order valence-electron chi connectivity index (χ3n) is 4.24. The van der Waals surface area contributed by atoms with E-state index in [0.29, 0.717) is 22.0 Å². The highest BCUT2D eigenvalue weighted by Gasteiger charge is 2.34. The molecule has 2 aromatic rings. The number of hydrogen-bond acceptors (Lipinski definition) is 6. The van der Waals surface area contributed by atoms with Gasteiger partial charge in [0, 0.05) is 18.7 Å². The first-order valence-electron chi connectivity index (χ1n) is 8.84. The van der Waals surface area contributed by atoms with Crippen molar-refractivity contribution in [1.82, 2.24) is 10.2 Å². The van der Waals surface area contributed by atoms with Crippen LogP contribution >= 0.6 is 11.8 Å². The smallest absolute Gasteiger partial charge is 0.293 e. The maximum atomic E-state index is 12.5. The minimum absolute atomic E-state index is 0.0931. The molecule has 1 fully saturated rings. The summed E-state index contributed by atoms with van der Waals surface area (Å²) in [5, 5.41) is 2.36. The zero-order valence-electron chi connectivity index (χ0n) is 16.0. The predicted octanol–water partition coefficient (Wildman–Crippen LogP) is 3.17. The lowest BCUT2D eigenvalue weighted by Crippen LogP contribution is -2.37. The summed E-state index contributed by atoms with van der Waals surface area (Å²) >= 11 is 0.896. The van der Waals surface area contributed by atoms with Gasteiger partial charge in [-0.25, -0.2) is 0 Å². The van der Waals surface area contributed by atoms with Crippen LogP contribution in [-0.2, 0) is 4.79 Å². The van der Waals surface area contributed by atoms with Crippen molar-refractivity contribution in [1.29, 1.82) is 0 Å². The Balaban J connectivity index is 1.59. The zero-order chi connectivity index (χ0) is 20.8. The number of amides is 3. The molecule has 0 spiro atoms. The number of rotatable bonds is 7. The quantitative estimate of drug-likeness (QED) is 0.703. The number of carbonyl (C=O) groups is 3. The van der Waals surface area contributed by atoms with Gasteiger partial charge in [0.1, 0.15) is 0 Å². The first kappa shape index (κ1) is 20.5. The van der Waals surface area contributed by atoms with Gasteiger partial charge < -0.3 is 14.8 Å². The number of nitrogens with zero attached hydrogens (tertiary/aromatic N) is 1. The Hall–Kier alpha value is -3.26. The van der Waals surface area contributed by atoms with Crippen molar-refractivity contribution in [2.24, 2.45) is 0 Å². The van der Waals surface area contributed by atoms with Gasteiger partial charge in [-0.15, -0.1) is 0 Å². The van der Waals surface area contributed by atoms with E-state index in [1.807, 2.05) is 30.3 Å². The molecule has 7 nitrogen and oxygen atoms in total. The number of hydrogen-bond donors (Lipinski definition) is 1. The van der Waals surface area contributed by atoms with Crippen LogP contribution in [0, 0.1) is 0 Å². The normalized spacial score (nSPS) is 15.0. The molecule has 2 aromatic carbocycles. The molecule has 150 valence electrons. The summed E-state index contributed by atoms with van der Waals surface area (Å²) in [5.41, 5.74) is 1.24. The highest BCUT2D eigenvalue weighted by atomic mass is 32.2. The molecule has 0 bridgehead atoms. The Labute approximate surface area is 172 Å². The molecular weight excluding hydrogens is 392 g/mol. The minimum Gasteiger partial charge on any atom is -0.493 e. The van der Waals surface area contributed by atoms with Gasteiger partial charge in [0.25, 0.3) is 17.1 Å². The van der Waals surface area contributed by atoms with Crippen LogP contribution in [0.2, 0.25) is 0 Å². The third-order valence-corrected chi connectivity index (χ3v) is 5.15. The van der Waals surface area contributed by atoms with Gasteiger partial charge >= 0.3 is 0 Å². The fraction of sp³-hybridized carbons (Fsp3) is 0.190. The number of carbonyl (C=O) groups excluding carboxylic acids is 3. The Morgan fingerprint density at radius 1 is 1.07 bits per heavy atom. The minimum atomic E-state index is -0.357. The maximum absolute atomic E-state index is 12.5. The Bertz CT molecular complexity index is 959. The van der Waals surface area contributed by atoms with Crippen molar-refractivity contribution in [2.45, 2.75) is 0 Å².